The molecule has 0 saturated heterocycles. The van der Waals surface area contributed by atoms with Gasteiger partial charge in [-0.2, -0.15) is 0 Å². The molecule has 1 aliphatic rings. The standard InChI is InChI=1S/C19H16Br2N4OS/c20-13-5-12(6-14(21)7-13)16-2-1-11(8-22-16)9-25-4-3-17-15(10-25)18(26)24-19(27)23-17/h1-2,5-8H,3-4,9-10H2,(H2,23,24,26,27). The van der Waals surface area contributed by atoms with E-state index in [1.54, 1.807) is 0 Å². The highest BCUT2D eigenvalue weighted by atomic mass is 79.9. The van der Waals surface area contributed by atoms with Crippen LogP contribution in [0.15, 0.2) is 50.3 Å². The summed E-state index contributed by atoms with van der Waals surface area (Å²) in [4.78, 5) is 24.8. The summed E-state index contributed by atoms with van der Waals surface area (Å²) in [5.41, 5.74) is 4.74. The van der Waals surface area contributed by atoms with Gasteiger partial charge in [0, 0.05) is 52.5 Å². The monoisotopic (exact) mass is 506 g/mol. The lowest BCUT2D eigenvalue weighted by Gasteiger charge is -2.27. The van der Waals surface area contributed by atoms with E-state index in [0.29, 0.717) is 11.3 Å². The van der Waals surface area contributed by atoms with E-state index in [2.05, 4.69) is 57.8 Å². The van der Waals surface area contributed by atoms with Crippen molar-refractivity contribution in [3.05, 3.63) is 77.4 Å². The Bertz CT molecular complexity index is 1090. The molecule has 3 heterocycles. The number of nitrogens with one attached hydrogen (secondary N) is 2. The topological polar surface area (TPSA) is 64.8 Å². The molecule has 2 N–H and O–H groups in total. The van der Waals surface area contributed by atoms with Crippen LogP contribution in [0.25, 0.3) is 11.3 Å². The van der Waals surface area contributed by atoms with E-state index in [4.69, 9.17) is 12.2 Å². The Morgan fingerprint density at radius 1 is 1.15 bits per heavy atom. The molecule has 5 nitrogen and oxygen atoms in total. The smallest absolute Gasteiger partial charge is 0.256 e. The third-order valence-electron chi connectivity index (χ3n) is 4.58. The summed E-state index contributed by atoms with van der Waals surface area (Å²) in [5.74, 6) is 0. The van der Waals surface area contributed by atoms with Crippen LogP contribution in [0.5, 0.6) is 0 Å². The highest BCUT2D eigenvalue weighted by molar-refractivity contribution is 9.11. The lowest BCUT2D eigenvalue weighted by molar-refractivity contribution is 0.241. The van der Waals surface area contributed by atoms with E-state index in [9.17, 15) is 4.79 Å². The number of H-pyrrole nitrogens is 2. The molecular weight excluding hydrogens is 492 g/mol. The Morgan fingerprint density at radius 2 is 1.93 bits per heavy atom. The molecule has 0 bridgehead atoms. The van der Waals surface area contributed by atoms with Crippen LogP contribution in [0.4, 0.5) is 0 Å². The van der Waals surface area contributed by atoms with Gasteiger partial charge >= 0.3 is 0 Å². The first kappa shape index (κ1) is 18.7. The molecule has 138 valence electrons. The molecule has 0 saturated carbocycles. The Kier molecular flexibility index (Phi) is 5.41. The number of rotatable bonds is 3. The molecule has 1 aliphatic heterocycles. The fourth-order valence-electron chi connectivity index (χ4n) is 3.30. The van der Waals surface area contributed by atoms with Gasteiger partial charge in [0.1, 0.15) is 0 Å². The van der Waals surface area contributed by atoms with Crippen molar-refractivity contribution >= 4 is 44.1 Å². The predicted octanol–water partition coefficient (Wildman–Crippen LogP) is 4.58. The first-order chi connectivity index (χ1) is 13.0. The van der Waals surface area contributed by atoms with Crippen LogP contribution in [-0.2, 0) is 19.5 Å². The molecule has 8 heteroatoms. The number of fused-ring (bicyclic) bond motifs is 1. The van der Waals surface area contributed by atoms with Crippen molar-refractivity contribution in [2.45, 2.75) is 19.5 Å². The number of hydrogen-bond acceptors (Lipinski definition) is 4. The summed E-state index contributed by atoms with van der Waals surface area (Å²) in [6.45, 7) is 2.24. The fourth-order valence-corrected chi connectivity index (χ4v) is 4.81. The van der Waals surface area contributed by atoms with Crippen molar-refractivity contribution in [2.24, 2.45) is 0 Å². The highest BCUT2D eigenvalue weighted by Crippen LogP contribution is 2.27. The van der Waals surface area contributed by atoms with Gasteiger partial charge in [0.25, 0.3) is 5.56 Å². The molecule has 0 spiro atoms. The number of hydrogen-bond donors (Lipinski definition) is 2. The van der Waals surface area contributed by atoms with Crippen molar-refractivity contribution in [2.75, 3.05) is 6.54 Å². The van der Waals surface area contributed by atoms with Crippen LogP contribution >= 0.6 is 44.1 Å². The number of pyridine rings is 1. The minimum Gasteiger partial charge on any atom is -0.335 e. The van der Waals surface area contributed by atoms with Gasteiger partial charge in [0.2, 0.25) is 0 Å². The molecule has 0 amide bonds. The van der Waals surface area contributed by atoms with E-state index in [-0.39, 0.29) is 5.56 Å². The number of halogens is 2. The fraction of sp³-hybridized carbons (Fsp3) is 0.211. The van der Waals surface area contributed by atoms with Gasteiger partial charge in [0.15, 0.2) is 4.77 Å². The zero-order chi connectivity index (χ0) is 19.0. The van der Waals surface area contributed by atoms with Crippen LogP contribution < -0.4 is 5.56 Å². The molecule has 27 heavy (non-hydrogen) atoms. The predicted molar refractivity (Wildman–Crippen MR) is 115 cm³/mol. The molecular formula is C19H16Br2N4OS. The molecule has 0 unspecified atom stereocenters. The molecule has 0 aliphatic carbocycles. The summed E-state index contributed by atoms with van der Waals surface area (Å²) >= 11 is 12.1. The maximum Gasteiger partial charge on any atom is 0.256 e. The molecule has 0 atom stereocenters. The summed E-state index contributed by atoms with van der Waals surface area (Å²) in [7, 11) is 0. The quantitative estimate of drug-likeness (QED) is 0.509. The minimum absolute atomic E-state index is 0.0906. The summed E-state index contributed by atoms with van der Waals surface area (Å²) in [6.07, 6.45) is 2.70. The van der Waals surface area contributed by atoms with E-state index in [0.717, 1.165) is 56.5 Å². The first-order valence-electron chi connectivity index (χ1n) is 8.46. The van der Waals surface area contributed by atoms with Crippen molar-refractivity contribution < 1.29 is 0 Å². The van der Waals surface area contributed by atoms with Crippen LogP contribution in [-0.4, -0.2) is 26.4 Å². The molecule has 3 aromatic rings. The lowest BCUT2D eigenvalue weighted by Crippen LogP contribution is -2.35. The first-order valence-corrected chi connectivity index (χ1v) is 10.5. The number of nitrogens with zero attached hydrogens (tertiary/aromatic N) is 2. The van der Waals surface area contributed by atoms with Crippen molar-refractivity contribution in [1.29, 1.82) is 0 Å². The average molecular weight is 508 g/mol. The Balaban J connectivity index is 1.51. The molecule has 4 rings (SSSR count). The van der Waals surface area contributed by atoms with Crippen LogP contribution in [0.3, 0.4) is 0 Å². The van der Waals surface area contributed by atoms with Crippen molar-refractivity contribution in [3.63, 3.8) is 0 Å². The zero-order valence-electron chi connectivity index (χ0n) is 14.3. The second-order valence-corrected chi connectivity index (χ2v) is 8.78. The molecule has 1 aromatic carbocycles. The van der Waals surface area contributed by atoms with Gasteiger partial charge in [-0.1, -0.05) is 37.9 Å². The second kappa shape index (κ2) is 7.79. The highest BCUT2D eigenvalue weighted by Gasteiger charge is 2.19. The van der Waals surface area contributed by atoms with Gasteiger partial charge in [-0.05, 0) is 42.0 Å². The van der Waals surface area contributed by atoms with Crippen molar-refractivity contribution in [1.82, 2.24) is 19.9 Å². The van der Waals surface area contributed by atoms with Gasteiger partial charge in [-0.25, -0.2) is 0 Å². The summed E-state index contributed by atoms with van der Waals surface area (Å²) in [5, 5.41) is 0. The maximum absolute atomic E-state index is 12.2. The average Bonchev–Trinajstić information content (AvgIpc) is 2.62. The van der Waals surface area contributed by atoms with Crippen molar-refractivity contribution in [3.8, 4) is 11.3 Å². The molecule has 0 radical (unpaired) electrons. The maximum atomic E-state index is 12.2. The SMILES string of the molecule is O=c1[nH]c(=S)[nH]c2c1CN(Cc1ccc(-c3cc(Br)cc(Br)c3)nc1)CC2. The van der Waals surface area contributed by atoms with E-state index in [1.807, 2.05) is 30.5 Å². The van der Waals surface area contributed by atoms with Crippen LogP contribution in [0, 0.1) is 4.77 Å². The van der Waals surface area contributed by atoms with E-state index >= 15 is 0 Å². The van der Waals surface area contributed by atoms with E-state index < -0.39 is 0 Å². The van der Waals surface area contributed by atoms with Gasteiger partial charge in [-0.3, -0.25) is 19.7 Å². The van der Waals surface area contributed by atoms with Crippen LogP contribution in [0.2, 0.25) is 0 Å². The largest absolute Gasteiger partial charge is 0.335 e. The number of aromatic nitrogens is 3. The molecule has 2 aromatic heterocycles. The third kappa shape index (κ3) is 4.29. The number of benzene rings is 1. The Hall–Kier alpha value is -1.61. The van der Waals surface area contributed by atoms with Gasteiger partial charge < -0.3 is 4.98 Å². The third-order valence-corrected chi connectivity index (χ3v) is 5.70. The minimum atomic E-state index is -0.0906. The lowest BCUT2D eigenvalue weighted by atomic mass is 10.1. The second-order valence-electron chi connectivity index (χ2n) is 6.54. The molecule has 0 fully saturated rings. The van der Waals surface area contributed by atoms with E-state index in [1.165, 1.54) is 0 Å². The zero-order valence-corrected chi connectivity index (χ0v) is 18.2. The number of aromatic amines is 2. The summed E-state index contributed by atoms with van der Waals surface area (Å²) < 4.78 is 2.41. The Labute approximate surface area is 178 Å². The Morgan fingerprint density at radius 3 is 2.63 bits per heavy atom. The normalized spacial score (nSPS) is 14.1. The summed E-state index contributed by atoms with van der Waals surface area (Å²) in [6, 6.07) is 10.2. The van der Waals surface area contributed by atoms with Gasteiger partial charge in [0.05, 0.1) is 11.3 Å². The van der Waals surface area contributed by atoms with Gasteiger partial charge in [-0.15, -0.1) is 0 Å². The van der Waals surface area contributed by atoms with Crippen LogP contribution in [0.1, 0.15) is 16.8 Å².